The Labute approximate surface area is 236 Å². The van der Waals surface area contributed by atoms with Gasteiger partial charge < -0.3 is 9.84 Å². The van der Waals surface area contributed by atoms with E-state index in [0.29, 0.717) is 5.56 Å². The number of aryl methyl sites for hydroxylation is 1. The van der Waals surface area contributed by atoms with Crippen LogP contribution in [0, 0.1) is 24.7 Å². The van der Waals surface area contributed by atoms with Crippen LogP contribution in [0.5, 0.6) is 5.75 Å². The number of likely N-dealkylation sites (N-methyl/N-ethyl adjacent to an activating group) is 1. The van der Waals surface area contributed by atoms with Crippen molar-refractivity contribution >= 4 is 20.0 Å². The van der Waals surface area contributed by atoms with Crippen LogP contribution in [-0.4, -0.2) is 74.4 Å². The van der Waals surface area contributed by atoms with E-state index >= 15 is 0 Å². The van der Waals surface area contributed by atoms with Crippen LogP contribution in [0.3, 0.4) is 0 Å². The second-order valence-corrected chi connectivity index (χ2v) is 13.9. The van der Waals surface area contributed by atoms with Gasteiger partial charge in [0.1, 0.15) is 16.7 Å². The van der Waals surface area contributed by atoms with E-state index in [1.165, 1.54) is 21.7 Å². The lowest BCUT2D eigenvalue weighted by molar-refractivity contribution is 0.0904. The molecule has 1 aromatic heterocycles. The van der Waals surface area contributed by atoms with Gasteiger partial charge in [-0.3, -0.25) is 4.98 Å². The van der Waals surface area contributed by atoms with Crippen LogP contribution >= 0.6 is 0 Å². The number of aliphatic hydroxyl groups excluding tert-OH is 1. The SMILES string of the molecule is Cc1ccc(S(=O)(=O)N(C)C[C@H]2Oc3cc(C#Cc4ccncc4)ccc3S(=O)(=O)N([C@H](C)CO)C[C@H]2C)cc1. The minimum atomic E-state index is -4.04. The zero-order valence-electron chi connectivity index (χ0n) is 22.9. The van der Waals surface area contributed by atoms with Crippen molar-refractivity contribution in [3.8, 4) is 17.6 Å². The monoisotopic (exact) mass is 583 g/mol. The van der Waals surface area contributed by atoms with Gasteiger partial charge in [0.25, 0.3) is 0 Å². The number of aliphatic hydroxyl groups is 1. The van der Waals surface area contributed by atoms with Gasteiger partial charge in [-0.05, 0) is 56.3 Å². The number of ether oxygens (including phenoxy) is 1. The molecular weight excluding hydrogens is 550 g/mol. The second-order valence-electron chi connectivity index (χ2n) is 9.99. The molecule has 0 aliphatic carbocycles. The van der Waals surface area contributed by atoms with E-state index in [0.717, 1.165) is 11.1 Å². The molecule has 0 amide bonds. The number of benzene rings is 2. The number of hydrogen-bond donors (Lipinski definition) is 1. The summed E-state index contributed by atoms with van der Waals surface area (Å²) < 4.78 is 62.8. The van der Waals surface area contributed by atoms with Gasteiger partial charge in [-0.25, -0.2) is 16.8 Å². The van der Waals surface area contributed by atoms with Crippen molar-refractivity contribution in [1.29, 1.82) is 0 Å². The number of nitrogens with zero attached hydrogens (tertiary/aromatic N) is 3. The summed E-state index contributed by atoms with van der Waals surface area (Å²) in [4.78, 5) is 4.07. The number of hydrogen-bond acceptors (Lipinski definition) is 7. The lowest BCUT2D eigenvalue weighted by Crippen LogP contribution is -2.50. The Morgan fingerprint density at radius 2 is 1.75 bits per heavy atom. The molecule has 0 radical (unpaired) electrons. The quantitative estimate of drug-likeness (QED) is 0.444. The topological polar surface area (TPSA) is 117 Å². The molecule has 212 valence electrons. The van der Waals surface area contributed by atoms with Crippen molar-refractivity contribution in [2.24, 2.45) is 5.92 Å². The van der Waals surface area contributed by atoms with Crippen molar-refractivity contribution in [2.75, 3.05) is 26.7 Å². The Kier molecular flexibility index (Phi) is 8.97. The molecule has 0 unspecified atom stereocenters. The third-order valence-corrected chi connectivity index (χ3v) is 10.7. The van der Waals surface area contributed by atoms with E-state index in [-0.39, 0.29) is 35.2 Å². The van der Waals surface area contributed by atoms with E-state index in [9.17, 15) is 21.9 Å². The first kappa shape index (κ1) is 29.7. The van der Waals surface area contributed by atoms with E-state index in [2.05, 4.69) is 16.8 Å². The van der Waals surface area contributed by atoms with E-state index in [1.807, 2.05) is 13.8 Å². The fraction of sp³-hybridized carbons (Fsp3) is 0.345. The zero-order chi connectivity index (χ0) is 29.1. The van der Waals surface area contributed by atoms with E-state index < -0.39 is 38.1 Å². The predicted octanol–water partition coefficient (Wildman–Crippen LogP) is 2.88. The Morgan fingerprint density at radius 3 is 2.40 bits per heavy atom. The molecule has 11 heteroatoms. The van der Waals surface area contributed by atoms with Gasteiger partial charge >= 0.3 is 0 Å². The van der Waals surface area contributed by atoms with Crippen LogP contribution in [0.4, 0.5) is 0 Å². The molecule has 1 aliphatic heterocycles. The first-order valence-corrected chi connectivity index (χ1v) is 15.7. The van der Waals surface area contributed by atoms with Gasteiger partial charge in [0, 0.05) is 49.1 Å². The fourth-order valence-electron chi connectivity index (χ4n) is 4.34. The summed E-state index contributed by atoms with van der Waals surface area (Å²) in [6.07, 6.45) is 2.56. The molecule has 0 spiro atoms. The molecule has 4 rings (SSSR count). The normalized spacial score (nSPS) is 19.9. The van der Waals surface area contributed by atoms with Crippen molar-refractivity contribution in [1.82, 2.24) is 13.6 Å². The number of aromatic nitrogens is 1. The third kappa shape index (κ3) is 6.37. The van der Waals surface area contributed by atoms with Crippen LogP contribution in [-0.2, 0) is 20.0 Å². The smallest absolute Gasteiger partial charge is 0.247 e. The summed E-state index contributed by atoms with van der Waals surface area (Å²) in [6.45, 7) is 4.96. The highest BCUT2D eigenvalue weighted by molar-refractivity contribution is 7.89. The molecule has 0 bridgehead atoms. The molecule has 2 heterocycles. The minimum absolute atomic E-state index is 0.0227. The molecule has 9 nitrogen and oxygen atoms in total. The summed E-state index contributed by atoms with van der Waals surface area (Å²) >= 11 is 0. The lowest BCUT2D eigenvalue weighted by Gasteiger charge is -2.37. The van der Waals surface area contributed by atoms with Crippen LogP contribution < -0.4 is 4.74 Å². The molecule has 40 heavy (non-hydrogen) atoms. The number of sulfonamides is 2. The van der Waals surface area contributed by atoms with E-state index in [1.54, 1.807) is 67.8 Å². The summed E-state index contributed by atoms with van der Waals surface area (Å²) in [6, 6.07) is 14.0. The highest BCUT2D eigenvalue weighted by Crippen LogP contribution is 2.34. The number of rotatable bonds is 6. The molecule has 3 atom stereocenters. The molecule has 0 saturated carbocycles. The molecule has 1 aliphatic rings. The fourth-order valence-corrected chi connectivity index (χ4v) is 7.35. The minimum Gasteiger partial charge on any atom is -0.487 e. The maximum Gasteiger partial charge on any atom is 0.247 e. The van der Waals surface area contributed by atoms with Crippen LogP contribution in [0.1, 0.15) is 30.5 Å². The van der Waals surface area contributed by atoms with Gasteiger partial charge in [-0.1, -0.05) is 36.5 Å². The molecule has 0 fully saturated rings. The average molecular weight is 584 g/mol. The largest absolute Gasteiger partial charge is 0.487 e. The van der Waals surface area contributed by atoms with Crippen LogP contribution in [0.15, 0.2) is 76.8 Å². The molecule has 3 aromatic rings. The summed E-state index contributed by atoms with van der Waals surface area (Å²) in [5, 5.41) is 9.85. The van der Waals surface area contributed by atoms with Crippen molar-refractivity contribution in [3.05, 3.63) is 83.7 Å². The van der Waals surface area contributed by atoms with E-state index in [4.69, 9.17) is 4.74 Å². The number of fused-ring (bicyclic) bond motifs is 1. The van der Waals surface area contributed by atoms with Crippen molar-refractivity contribution in [2.45, 2.75) is 42.7 Å². The molecule has 1 N–H and O–H groups in total. The Morgan fingerprint density at radius 1 is 1.10 bits per heavy atom. The lowest BCUT2D eigenvalue weighted by atomic mass is 10.0. The van der Waals surface area contributed by atoms with Gasteiger partial charge in [0.2, 0.25) is 20.0 Å². The van der Waals surface area contributed by atoms with Crippen molar-refractivity contribution in [3.63, 3.8) is 0 Å². The average Bonchev–Trinajstić information content (AvgIpc) is 2.94. The molecule has 0 saturated heterocycles. The summed E-state index contributed by atoms with van der Waals surface area (Å²) in [5.41, 5.74) is 2.21. The van der Waals surface area contributed by atoms with Crippen LogP contribution in [0.2, 0.25) is 0 Å². The maximum atomic E-state index is 13.7. The Hall–Kier alpha value is -3.27. The summed E-state index contributed by atoms with van der Waals surface area (Å²) in [5.74, 6) is 5.71. The Bertz CT molecular complexity index is 1620. The second kappa shape index (κ2) is 12.1. The Balaban J connectivity index is 1.74. The third-order valence-electron chi connectivity index (χ3n) is 6.86. The highest BCUT2D eigenvalue weighted by Gasteiger charge is 2.39. The zero-order valence-corrected chi connectivity index (χ0v) is 24.5. The summed E-state index contributed by atoms with van der Waals surface area (Å²) in [7, 11) is -6.39. The maximum absolute atomic E-state index is 13.7. The highest BCUT2D eigenvalue weighted by atomic mass is 32.2. The number of pyridine rings is 1. The standard InChI is InChI=1S/C29H33N3O6S2/c1-21-5-10-26(11-6-21)39(34,35)31(4)19-28-22(2)18-32(23(3)20-33)40(36,37)29-12-9-25(17-27(29)38-28)8-7-24-13-15-30-16-14-24/h5-6,9-17,22-23,28,33H,18-20H2,1-4H3/t22-,23-,28-/m1/s1. The first-order valence-electron chi connectivity index (χ1n) is 12.8. The molecule has 2 aromatic carbocycles. The molecular formula is C29H33N3O6S2. The van der Waals surface area contributed by atoms with Gasteiger partial charge in [-0.15, -0.1) is 0 Å². The van der Waals surface area contributed by atoms with Crippen molar-refractivity contribution < 1.29 is 26.7 Å². The predicted molar refractivity (Wildman–Crippen MR) is 152 cm³/mol. The van der Waals surface area contributed by atoms with Gasteiger partial charge in [-0.2, -0.15) is 8.61 Å². The van der Waals surface area contributed by atoms with Gasteiger partial charge in [0.05, 0.1) is 18.0 Å². The first-order chi connectivity index (χ1) is 18.9. The van der Waals surface area contributed by atoms with Gasteiger partial charge in [0.15, 0.2) is 0 Å². The van der Waals surface area contributed by atoms with Crippen LogP contribution in [0.25, 0.3) is 0 Å².